The third-order valence-electron chi connectivity index (χ3n) is 3.14. The number of hydrazone groups is 1. The molecule has 24 heavy (non-hydrogen) atoms. The van der Waals surface area contributed by atoms with Gasteiger partial charge in [0.25, 0.3) is 0 Å². The van der Waals surface area contributed by atoms with E-state index in [1.165, 1.54) is 18.3 Å². The van der Waals surface area contributed by atoms with Gasteiger partial charge in [-0.05, 0) is 35.6 Å². The maximum atomic E-state index is 12.6. The summed E-state index contributed by atoms with van der Waals surface area (Å²) in [6.45, 7) is 0. The van der Waals surface area contributed by atoms with Crippen molar-refractivity contribution in [1.82, 2.24) is 5.43 Å². The number of hydrogen-bond acceptors (Lipinski definition) is 3. The first kappa shape index (κ1) is 18.1. The highest BCUT2D eigenvalue weighted by molar-refractivity contribution is 7.98. The highest BCUT2D eigenvalue weighted by Gasteiger charge is 2.30. The van der Waals surface area contributed by atoms with Crippen molar-refractivity contribution in [1.29, 1.82) is 0 Å². The fourth-order valence-electron chi connectivity index (χ4n) is 1.95. The van der Waals surface area contributed by atoms with E-state index in [0.29, 0.717) is 0 Å². The number of carbonyl (C=O) groups is 1. The molecule has 0 radical (unpaired) electrons. The topological polar surface area (TPSA) is 41.5 Å². The van der Waals surface area contributed by atoms with Crippen LogP contribution in [0.5, 0.6) is 0 Å². The van der Waals surface area contributed by atoms with Crippen LogP contribution in [0.15, 0.2) is 58.5 Å². The predicted molar refractivity (Wildman–Crippen MR) is 89.1 cm³/mol. The minimum absolute atomic E-state index is 0.174. The molecule has 2 aromatic rings. The van der Waals surface area contributed by atoms with E-state index in [4.69, 9.17) is 0 Å². The second kappa shape index (κ2) is 8.01. The van der Waals surface area contributed by atoms with Crippen LogP contribution in [-0.2, 0) is 17.4 Å². The minimum atomic E-state index is -4.42. The summed E-state index contributed by atoms with van der Waals surface area (Å²) < 4.78 is 37.9. The summed E-state index contributed by atoms with van der Waals surface area (Å²) in [6, 6.07) is 12.2. The average Bonchev–Trinajstić information content (AvgIpc) is 2.55. The largest absolute Gasteiger partial charge is 0.416 e. The quantitative estimate of drug-likeness (QED) is 0.500. The standard InChI is InChI=1S/C17H15F3N2OS/c1-24-15-7-5-12(6-8-15)11-21-22-16(23)10-13-3-2-4-14(9-13)17(18,19)20/h2-9,11H,10H2,1H3,(H,22,23)/b21-11-. The molecule has 126 valence electrons. The summed E-state index contributed by atoms with van der Waals surface area (Å²) >= 11 is 1.62. The van der Waals surface area contributed by atoms with Crippen molar-refractivity contribution in [3.8, 4) is 0 Å². The van der Waals surface area contributed by atoms with E-state index < -0.39 is 17.6 Å². The van der Waals surface area contributed by atoms with Crippen LogP contribution < -0.4 is 5.43 Å². The maximum absolute atomic E-state index is 12.6. The lowest BCUT2D eigenvalue weighted by Crippen LogP contribution is -2.20. The number of amides is 1. The second-order valence-electron chi connectivity index (χ2n) is 4.94. The van der Waals surface area contributed by atoms with Crippen LogP contribution >= 0.6 is 11.8 Å². The first-order valence-corrected chi connectivity index (χ1v) is 8.23. The zero-order valence-corrected chi connectivity index (χ0v) is 13.6. The summed E-state index contributed by atoms with van der Waals surface area (Å²) in [4.78, 5) is 12.9. The fourth-order valence-corrected chi connectivity index (χ4v) is 2.36. The number of halogens is 3. The first-order valence-electron chi connectivity index (χ1n) is 7.00. The van der Waals surface area contributed by atoms with Gasteiger partial charge in [-0.2, -0.15) is 18.3 Å². The Morgan fingerprint density at radius 2 is 1.92 bits per heavy atom. The number of rotatable bonds is 5. The van der Waals surface area contributed by atoms with Crippen LogP contribution in [0.1, 0.15) is 16.7 Å². The Balaban J connectivity index is 1.92. The van der Waals surface area contributed by atoms with Crippen molar-refractivity contribution in [2.24, 2.45) is 5.10 Å². The molecule has 2 rings (SSSR count). The van der Waals surface area contributed by atoms with Crippen LogP contribution in [0.3, 0.4) is 0 Å². The molecule has 0 spiro atoms. The van der Waals surface area contributed by atoms with Crippen LogP contribution in [0.2, 0.25) is 0 Å². The van der Waals surface area contributed by atoms with Crippen LogP contribution in [0, 0.1) is 0 Å². The molecule has 0 aliphatic carbocycles. The van der Waals surface area contributed by atoms with Crippen molar-refractivity contribution < 1.29 is 18.0 Å². The van der Waals surface area contributed by atoms with Gasteiger partial charge in [0.05, 0.1) is 18.2 Å². The average molecular weight is 352 g/mol. The number of nitrogens with zero attached hydrogens (tertiary/aromatic N) is 1. The van der Waals surface area contributed by atoms with Gasteiger partial charge in [0.15, 0.2) is 0 Å². The molecule has 0 bridgehead atoms. The number of carbonyl (C=O) groups excluding carboxylic acids is 1. The molecule has 2 aromatic carbocycles. The van der Waals surface area contributed by atoms with Gasteiger partial charge in [0.2, 0.25) is 5.91 Å². The molecule has 0 fully saturated rings. The molecular weight excluding hydrogens is 337 g/mol. The highest BCUT2D eigenvalue weighted by Crippen LogP contribution is 2.29. The van der Waals surface area contributed by atoms with E-state index in [1.54, 1.807) is 11.8 Å². The molecular formula is C17H15F3N2OS. The van der Waals surface area contributed by atoms with Gasteiger partial charge in [0.1, 0.15) is 0 Å². The fraction of sp³-hybridized carbons (Fsp3) is 0.176. The molecule has 0 saturated heterocycles. The molecule has 0 heterocycles. The molecule has 0 aromatic heterocycles. The van der Waals surface area contributed by atoms with E-state index in [-0.39, 0.29) is 12.0 Å². The summed E-state index contributed by atoms with van der Waals surface area (Å²) in [5, 5.41) is 3.81. The van der Waals surface area contributed by atoms with Crippen molar-refractivity contribution in [2.45, 2.75) is 17.5 Å². The van der Waals surface area contributed by atoms with E-state index >= 15 is 0 Å². The Morgan fingerprint density at radius 1 is 1.21 bits per heavy atom. The van der Waals surface area contributed by atoms with Gasteiger partial charge in [0, 0.05) is 4.90 Å². The molecule has 0 aliphatic rings. The first-order chi connectivity index (χ1) is 11.4. The SMILES string of the molecule is CSc1ccc(/C=N\NC(=O)Cc2cccc(C(F)(F)F)c2)cc1. The summed E-state index contributed by atoms with van der Waals surface area (Å²) in [5.74, 6) is -0.480. The van der Waals surface area contributed by atoms with Crippen LogP contribution in [-0.4, -0.2) is 18.4 Å². The number of nitrogens with one attached hydrogen (secondary N) is 1. The molecule has 0 unspecified atom stereocenters. The Kier molecular flexibility index (Phi) is 6.03. The lowest BCUT2D eigenvalue weighted by Gasteiger charge is -2.08. The third-order valence-corrected chi connectivity index (χ3v) is 3.88. The van der Waals surface area contributed by atoms with Gasteiger partial charge in [-0.1, -0.05) is 30.3 Å². The van der Waals surface area contributed by atoms with Gasteiger partial charge >= 0.3 is 6.18 Å². The number of hydrogen-bond donors (Lipinski definition) is 1. The van der Waals surface area contributed by atoms with Crippen LogP contribution in [0.25, 0.3) is 0 Å². The smallest absolute Gasteiger partial charge is 0.273 e. The Hall–Kier alpha value is -2.28. The summed E-state index contributed by atoms with van der Waals surface area (Å²) in [7, 11) is 0. The van der Waals surface area contributed by atoms with Crippen molar-refractivity contribution in [2.75, 3.05) is 6.26 Å². The van der Waals surface area contributed by atoms with E-state index in [0.717, 1.165) is 22.6 Å². The zero-order chi connectivity index (χ0) is 17.6. The Labute approximate surface area is 142 Å². The van der Waals surface area contributed by atoms with Gasteiger partial charge in [-0.3, -0.25) is 4.79 Å². The van der Waals surface area contributed by atoms with Gasteiger partial charge in [-0.15, -0.1) is 11.8 Å². The third kappa shape index (κ3) is 5.42. The molecule has 0 atom stereocenters. The normalized spacial score (nSPS) is 11.7. The number of alkyl halides is 3. The van der Waals surface area contributed by atoms with Gasteiger partial charge < -0.3 is 0 Å². The van der Waals surface area contributed by atoms with Crippen molar-refractivity contribution in [3.05, 3.63) is 65.2 Å². The molecule has 7 heteroatoms. The van der Waals surface area contributed by atoms with Gasteiger partial charge in [-0.25, -0.2) is 5.43 Å². The van der Waals surface area contributed by atoms with E-state index in [1.807, 2.05) is 30.5 Å². The number of benzene rings is 2. The van der Waals surface area contributed by atoms with Crippen molar-refractivity contribution in [3.63, 3.8) is 0 Å². The lowest BCUT2D eigenvalue weighted by molar-refractivity contribution is -0.137. The Morgan fingerprint density at radius 3 is 2.54 bits per heavy atom. The molecule has 3 nitrogen and oxygen atoms in total. The van der Waals surface area contributed by atoms with Crippen molar-refractivity contribution >= 4 is 23.9 Å². The van der Waals surface area contributed by atoms with E-state index in [2.05, 4.69) is 10.5 Å². The monoisotopic (exact) mass is 352 g/mol. The molecule has 0 aliphatic heterocycles. The second-order valence-corrected chi connectivity index (χ2v) is 5.82. The highest BCUT2D eigenvalue weighted by atomic mass is 32.2. The minimum Gasteiger partial charge on any atom is -0.273 e. The summed E-state index contributed by atoms with van der Waals surface area (Å²) in [6.07, 6.45) is -1.15. The predicted octanol–water partition coefficient (Wildman–Crippen LogP) is 4.12. The molecule has 1 N–H and O–H groups in total. The molecule has 0 saturated carbocycles. The Bertz CT molecular complexity index is 727. The number of thioether (sulfide) groups is 1. The zero-order valence-electron chi connectivity index (χ0n) is 12.8. The summed E-state index contributed by atoms with van der Waals surface area (Å²) in [5.41, 5.74) is 2.63. The maximum Gasteiger partial charge on any atom is 0.416 e. The lowest BCUT2D eigenvalue weighted by atomic mass is 10.1. The van der Waals surface area contributed by atoms with E-state index in [9.17, 15) is 18.0 Å². The van der Waals surface area contributed by atoms with Crippen LogP contribution in [0.4, 0.5) is 13.2 Å². The molecule has 1 amide bonds.